The molecule has 1 rings (SSSR count). The molecule has 1 aliphatic heterocycles. The van der Waals surface area contributed by atoms with E-state index in [0.29, 0.717) is 26.1 Å². The summed E-state index contributed by atoms with van der Waals surface area (Å²) in [6.07, 6.45) is 0.352. The minimum Gasteiger partial charge on any atom is -0.466 e. The van der Waals surface area contributed by atoms with Crippen LogP contribution in [-0.2, 0) is 14.3 Å². The summed E-state index contributed by atoms with van der Waals surface area (Å²) in [7, 11) is 0. The first-order chi connectivity index (χ1) is 8.06. The number of amides is 1. The first-order valence-corrected chi connectivity index (χ1v) is 6.23. The van der Waals surface area contributed by atoms with E-state index in [-0.39, 0.29) is 23.8 Å². The van der Waals surface area contributed by atoms with E-state index >= 15 is 0 Å². The molecule has 1 aliphatic rings. The molecular formula is C12H22N2O3. The van der Waals surface area contributed by atoms with Crippen LogP contribution in [0.2, 0.25) is 0 Å². The molecule has 0 aromatic carbocycles. The van der Waals surface area contributed by atoms with Crippen LogP contribution in [0, 0.1) is 5.92 Å². The molecule has 17 heavy (non-hydrogen) atoms. The summed E-state index contributed by atoms with van der Waals surface area (Å²) >= 11 is 0. The summed E-state index contributed by atoms with van der Waals surface area (Å²) in [5.74, 6) is 0.119. The van der Waals surface area contributed by atoms with E-state index in [1.165, 1.54) is 0 Å². The van der Waals surface area contributed by atoms with Gasteiger partial charge < -0.3 is 10.1 Å². The van der Waals surface area contributed by atoms with Gasteiger partial charge >= 0.3 is 5.97 Å². The van der Waals surface area contributed by atoms with E-state index in [0.717, 1.165) is 6.54 Å². The van der Waals surface area contributed by atoms with Crippen molar-refractivity contribution in [1.29, 1.82) is 0 Å². The molecule has 5 heteroatoms. The molecule has 0 bridgehead atoms. The number of nitrogens with zero attached hydrogens (tertiary/aromatic N) is 1. The van der Waals surface area contributed by atoms with Crippen LogP contribution in [0.25, 0.3) is 0 Å². The fourth-order valence-corrected chi connectivity index (χ4v) is 2.18. The number of hydrogen-bond donors (Lipinski definition) is 1. The summed E-state index contributed by atoms with van der Waals surface area (Å²) < 4.78 is 4.89. The highest BCUT2D eigenvalue weighted by atomic mass is 16.5. The predicted molar refractivity (Wildman–Crippen MR) is 64.5 cm³/mol. The van der Waals surface area contributed by atoms with Gasteiger partial charge in [0.1, 0.15) is 0 Å². The highest BCUT2D eigenvalue weighted by molar-refractivity contribution is 5.82. The molecule has 1 heterocycles. The molecule has 0 saturated carbocycles. The number of esters is 1. The molecule has 0 radical (unpaired) electrons. The molecule has 1 N–H and O–H groups in total. The molecule has 5 nitrogen and oxygen atoms in total. The molecule has 0 unspecified atom stereocenters. The van der Waals surface area contributed by atoms with Gasteiger partial charge in [0, 0.05) is 19.6 Å². The topological polar surface area (TPSA) is 58.6 Å². The number of piperazine rings is 1. The van der Waals surface area contributed by atoms with E-state index in [4.69, 9.17) is 4.74 Å². The van der Waals surface area contributed by atoms with Gasteiger partial charge in [-0.15, -0.1) is 0 Å². The van der Waals surface area contributed by atoms with E-state index < -0.39 is 0 Å². The van der Waals surface area contributed by atoms with Crippen molar-refractivity contribution >= 4 is 11.9 Å². The maximum atomic E-state index is 11.7. The zero-order valence-electron chi connectivity index (χ0n) is 10.9. The zero-order chi connectivity index (χ0) is 12.8. The summed E-state index contributed by atoms with van der Waals surface area (Å²) in [6.45, 7) is 8.30. The van der Waals surface area contributed by atoms with Crippen LogP contribution in [0.4, 0.5) is 0 Å². The molecule has 0 aliphatic carbocycles. The fourth-order valence-electron chi connectivity index (χ4n) is 2.18. The first kappa shape index (κ1) is 14.0. The maximum absolute atomic E-state index is 11.7. The molecule has 1 atom stereocenters. The van der Waals surface area contributed by atoms with Crippen LogP contribution in [-0.4, -0.2) is 49.1 Å². The average Bonchev–Trinajstić information content (AvgIpc) is 2.26. The van der Waals surface area contributed by atoms with Crippen molar-refractivity contribution < 1.29 is 14.3 Å². The Balaban J connectivity index is 2.49. The van der Waals surface area contributed by atoms with Crippen LogP contribution >= 0.6 is 0 Å². The van der Waals surface area contributed by atoms with Crippen LogP contribution in [0.1, 0.15) is 27.2 Å². The molecule has 1 fully saturated rings. The van der Waals surface area contributed by atoms with Gasteiger partial charge in [-0.2, -0.15) is 0 Å². The Morgan fingerprint density at radius 1 is 1.59 bits per heavy atom. The number of nitrogens with one attached hydrogen (secondary N) is 1. The van der Waals surface area contributed by atoms with Gasteiger partial charge in [-0.1, -0.05) is 13.8 Å². The number of ether oxygens (including phenoxy) is 1. The van der Waals surface area contributed by atoms with Crippen molar-refractivity contribution in [2.24, 2.45) is 5.92 Å². The van der Waals surface area contributed by atoms with Gasteiger partial charge in [0.05, 0.1) is 19.1 Å². The Labute approximate surface area is 102 Å². The van der Waals surface area contributed by atoms with Crippen molar-refractivity contribution in [3.63, 3.8) is 0 Å². The van der Waals surface area contributed by atoms with Crippen molar-refractivity contribution in [1.82, 2.24) is 10.2 Å². The van der Waals surface area contributed by atoms with Crippen molar-refractivity contribution in [3.8, 4) is 0 Å². The molecule has 98 valence electrons. The third kappa shape index (κ3) is 4.00. The largest absolute Gasteiger partial charge is 0.466 e. The lowest BCUT2D eigenvalue weighted by Gasteiger charge is -2.37. The number of rotatable bonds is 5. The van der Waals surface area contributed by atoms with Gasteiger partial charge in [0.25, 0.3) is 0 Å². The molecule has 0 aromatic rings. The molecule has 1 amide bonds. The van der Waals surface area contributed by atoms with Crippen molar-refractivity contribution in [2.45, 2.75) is 33.2 Å². The highest BCUT2D eigenvalue weighted by Crippen LogP contribution is 2.14. The molecule has 1 saturated heterocycles. The van der Waals surface area contributed by atoms with Gasteiger partial charge in [0.2, 0.25) is 5.91 Å². The SMILES string of the molecule is CCOC(=O)CCN1CCNC(=O)[C@@H]1C(C)C. The normalized spacial score (nSPS) is 21.4. The molecule has 0 spiro atoms. The Hall–Kier alpha value is -1.10. The minimum absolute atomic E-state index is 0.0649. The lowest BCUT2D eigenvalue weighted by Crippen LogP contribution is -2.57. The van der Waals surface area contributed by atoms with E-state index in [9.17, 15) is 9.59 Å². The number of hydrogen-bond acceptors (Lipinski definition) is 4. The first-order valence-electron chi connectivity index (χ1n) is 6.23. The van der Waals surface area contributed by atoms with Crippen LogP contribution in [0.5, 0.6) is 0 Å². The maximum Gasteiger partial charge on any atom is 0.307 e. The second-order valence-corrected chi connectivity index (χ2v) is 4.57. The third-order valence-corrected chi connectivity index (χ3v) is 2.90. The Morgan fingerprint density at radius 2 is 2.29 bits per heavy atom. The van der Waals surface area contributed by atoms with Gasteiger partial charge in [-0.05, 0) is 12.8 Å². The second kappa shape index (κ2) is 6.59. The van der Waals surface area contributed by atoms with Crippen LogP contribution in [0.15, 0.2) is 0 Å². The van der Waals surface area contributed by atoms with Crippen LogP contribution in [0.3, 0.4) is 0 Å². The average molecular weight is 242 g/mol. The molecular weight excluding hydrogens is 220 g/mol. The minimum atomic E-state index is -0.194. The monoisotopic (exact) mass is 242 g/mol. The highest BCUT2D eigenvalue weighted by Gasteiger charge is 2.31. The lowest BCUT2D eigenvalue weighted by molar-refractivity contribution is -0.144. The lowest BCUT2D eigenvalue weighted by atomic mass is 9.99. The van der Waals surface area contributed by atoms with Crippen LogP contribution < -0.4 is 5.32 Å². The Morgan fingerprint density at radius 3 is 2.88 bits per heavy atom. The van der Waals surface area contributed by atoms with Gasteiger partial charge in [-0.3, -0.25) is 14.5 Å². The van der Waals surface area contributed by atoms with E-state index in [1.54, 1.807) is 6.92 Å². The Kier molecular flexibility index (Phi) is 5.41. The predicted octanol–water partition coefficient (Wildman–Crippen LogP) is 0.396. The molecule has 0 aromatic heterocycles. The summed E-state index contributed by atoms with van der Waals surface area (Å²) in [5.41, 5.74) is 0. The van der Waals surface area contributed by atoms with Gasteiger partial charge in [-0.25, -0.2) is 0 Å². The van der Waals surface area contributed by atoms with Gasteiger partial charge in [0.15, 0.2) is 0 Å². The van der Waals surface area contributed by atoms with Crippen molar-refractivity contribution in [3.05, 3.63) is 0 Å². The zero-order valence-corrected chi connectivity index (χ0v) is 10.9. The third-order valence-electron chi connectivity index (χ3n) is 2.90. The standard InChI is InChI=1S/C12H22N2O3/c1-4-17-10(15)5-7-14-8-6-13-12(16)11(14)9(2)3/h9,11H,4-8H2,1-3H3,(H,13,16)/t11-/m0/s1. The van der Waals surface area contributed by atoms with Crippen molar-refractivity contribution in [2.75, 3.05) is 26.2 Å². The fraction of sp³-hybridized carbons (Fsp3) is 0.833. The van der Waals surface area contributed by atoms with E-state index in [1.807, 2.05) is 13.8 Å². The smallest absolute Gasteiger partial charge is 0.307 e. The summed E-state index contributed by atoms with van der Waals surface area (Å²) in [4.78, 5) is 25.1. The van der Waals surface area contributed by atoms with E-state index in [2.05, 4.69) is 10.2 Å². The summed E-state index contributed by atoms with van der Waals surface area (Å²) in [6, 6.07) is -0.127. The Bertz CT molecular complexity index is 279. The second-order valence-electron chi connectivity index (χ2n) is 4.57. The summed E-state index contributed by atoms with van der Waals surface area (Å²) in [5, 5.41) is 2.86. The number of carbonyl (C=O) groups excluding carboxylic acids is 2. The quantitative estimate of drug-likeness (QED) is 0.709. The number of carbonyl (C=O) groups is 2.